The number of halogens is 3. The first kappa shape index (κ1) is 13.1. The fourth-order valence-corrected chi connectivity index (χ4v) is 1.56. The minimum Gasteiger partial charge on any atom is -0.354 e. The number of carbonyl (C=O) groups is 1. The van der Waals surface area contributed by atoms with Gasteiger partial charge in [0.15, 0.2) is 0 Å². The summed E-state index contributed by atoms with van der Waals surface area (Å²) in [7, 11) is 0. The van der Waals surface area contributed by atoms with Gasteiger partial charge >= 0.3 is 0 Å². The summed E-state index contributed by atoms with van der Waals surface area (Å²) in [6.07, 6.45) is -0.159. The molecule has 0 atom stereocenters. The van der Waals surface area contributed by atoms with Gasteiger partial charge in [0.1, 0.15) is 11.6 Å². The first-order valence-electron chi connectivity index (χ1n) is 4.83. The lowest BCUT2D eigenvalue weighted by Gasteiger charge is -2.09. The molecule has 1 N–H and O–H groups in total. The third kappa shape index (κ3) is 3.56. The summed E-state index contributed by atoms with van der Waals surface area (Å²) in [5.74, 6) is -1.49. The summed E-state index contributed by atoms with van der Waals surface area (Å²) >= 11 is 2.87. The molecule has 0 fully saturated rings. The van der Waals surface area contributed by atoms with E-state index in [0.29, 0.717) is 0 Å². The molecule has 5 heteroatoms. The molecule has 0 saturated carbocycles. The second-order valence-electron chi connectivity index (χ2n) is 3.76. The van der Waals surface area contributed by atoms with Gasteiger partial charge in [0.25, 0.3) is 0 Å². The maximum absolute atomic E-state index is 13.4. The summed E-state index contributed by atoms with van der Waals surface area (Å²) < 4.78 is 26.5. The fraction of sp³-hybridized carbons (Fsp3) is 0.364. The van der Waals surface area contributed by atoms with Crippen molar-refractivity contribution < 1.29 is 13.6 Å². The predicted molar refractivity (Wildman–Crippen MR) is 61.0 cm³/mol. The van der Waals surface area contributed by atoms with E-state index >= 15 is 0 Å². The van der Waals surface area contributed by atoms with Crippen molar-refractivity contribution in [2.24, 2.45) is 0 Å². The molecule has 1 amide bonds. The van der Waals surface area contributed by atoms with E-state index in [1.54, 1.807) is 13.8 Å². The van der Waals surface area contributed by atoms with Crippen molar-refractivity contribution in [1.82, 2.24) is 5.32 Å². The Labute approximate surface area is 101 Å². The molecule has 0 unspecified atom stereocenters. The lowest BCUT2D eigenvalue weighted by Crippen LogP contribution is -2.31. The van der Waals surface area contributed by atoms with E-state index < -0.39 is 11.6 Å². The van der Waals surface area contributed by atoms with E-state index in [0.717, 1.165) is 12.1 Å². The lowest BCUT2D eigenvalue weighted by atomic mass is 10.1. The van der Waals surface area contributed by atoms with Crippen LogP contribution in [0, 0.1) is 11.6 Å². The van der Waals surface area contributed by atoms with Gasteiger partial charge in [0, 0.05) is 11.6 Å². The SMILES string of the molecule is CC(C)NC(=O)Cc1cc(F)c(Br)cc1F. The molecule has 0 heterocycles. The zero-order chi connectivity index (χ0) is 12.3. The summed E-state index contributed by atoms with van der Waals surface area (Å²) in [6, 6.07) is 2.03. The first-order chi connectivity index (χ1) is 7.40. The molecule has 0 aliphatic rings. The molecule has 0 radical (unpaired) electrons. The van der Waals surface area contributed by atoms with Crippen LogP contribution in [0.1, 0.15) is 19.4 Å². The Kier molecular flexibility index (Phi) is 4.41. The average molecular weight is 292 g/mol. The van der Waals surface area contributed by atoms with Gasteiger partial charge in [-0.2, -0.15) is 0 Å². The van der Waals surface area contributed by atoms with Crippen LogP contribution in [0.25, 0.3) is 0 Å². The second-order valence-corrected chi connectivity index (χ2v) is 4.61. The highest BCUT2D eigenvalue weighted by Crippen LogP contribution is 2.20. The van der Waals surface area contributed by atoms with E-state index in [2.05, 4.69) is 21.2 Å². The Hall–Kier alpha value is -0.970. The number of rotatable bonds is 3. The molecule has 0 aromatic heterocycles. The van der Waals surface area contributed by atoms with Crippen molar-refractivity contribution in [2.75, 3.05) is 0 Å². The summed E-state index contributed by atoms with van der Waals surface area (Å²) in [6.45, 7) is 3.60. The highest BCUT2D eigenvalue weighted by molar-refractivity contribution is 9.10. The van der Waals surface area contributed by atoms with Crippen LogP contribution in [0.2, 0.25) is 0 Å². The number of hydrogen-bond donors (Lipinski definition) is 1. The molecule has 1 aromatic rings. The van der Waals surface area contributed by atoms with Gasteiger partial charge in [-0.25, -0.2) is 8.78 Å². The number of benzene rings is 1. The van der Waals surface area contributed by atoms with Gasteiger partial charge in [-0.3, -0.25) is 4.79 Å². The molecule has 0 saturated heterocycles. The van der Waals surface area contributed by atoms with E-state index in [4.69, 9.17) is 0 Å². The zero-order valence-corrected chi connectivity index (χ0v) is 10.6. The molecule has 0 aliphatic carbocycles. The van der Waals surface area contributed by atoms with Gasteiger partial charge < -0.3 is 5.32 Å². The topological polar surface area (TPSA) is 29.1 Å². The molecule has 2 nitrogen and oxygen atoms in total. The van der Waals surface area contributed by atoms with Crippen LogP contribution in [-0.2, 0) is 11.2 Å². The molecular weight excluding hydrogens is 280 g/mol. The molecular formula is C11H12BrF2NO. The van der Waals surface area contributed by atoms with E-state index in [1.807, 2.05) is 0 Å². The van der Waals surface area contributed by atoms with Crippen LogP contribution in [0.5, 0.6) is 0 Å². The number of hydrogen-bond acceptors (Lipinski definition) is 1. The molecule has 0 spiro atoms. The first-order valence-corrected chi connectivity index (χ1v) is 5.62. The fourth-order valence-electron chi connectivity index (χ4n) is 1.25. The third-order valence-corrected chi connectivity index (χ3v) is 2.50. The normalized spacial score (nSPS) is 10.6. The maximum Gasteiger partial charge on any atom is 0.224 e. The van der Waals surface area contributed by atoms with Crippen molar-refractivity contribution in [3.05, 3.63) is 33.8 Å². The Morgan fingerprint density at radius 2 is 2.00 bits per heavy atom. The maximum atomic E-state index is 13.4. The minimum atomic E-state index is -0.591. The highest BCUT2D eigenvalue weighted by atomic mass is 79.9. The van der Waals surface area contributed by atoms with Crippen LogP contribution < -0.4 is 5.32 Å². The Morgan fingerprint density at radius 1 is 1.38 bits per heavy atom. The van der Waals surface area contributed by atoms with E-state index in [9.17, 15) is 13.6 Å². The summed E-state index contributed by atoms with van der Waals surface area (Å²) in [4.78, 5) is 11.4. The van der Waals surface area contributed by atoms with Crippen LogP contribution in [-0.4, -0.2) is 11.9 Å². The van der Waals surface area contributed by atoms with Gasteiger partial charge in [-0.1, -0.05) is 0 Å². The molecule has 0 bridgehead atoms. The molecule has 1 aromatic carbocycles. The van der Waals surface area contributed by atoms with Crippen molar-refractivity contribution in [3.8, 4) is 0 Å². The van der Waals surface area contributed by atoms with E-state index in [1.165, 1.54) is 0 Å². The zero-order valence-electron chi connectivity index (χ0n) is 8.98. The molecule has 88 valence electrons. The number of amides is 1. The second kappa shape index (κ2) is 5.39. The van der Waals surface area contributed by atoms with Crippen LogP contribution in [0.3, 0.4) is 0 Å². The van der Waals surface area contributed by atoms with Crippen LogP contribution in [0.15, 0.2) is 16.6 Å². The Balaban J connectivity index is 2.81. The van der Waals surface area contributed by atoms with E-state index in [-0.39, 0.29) is 28.4 Å². The van der Waals surface area contributed by atoms with Gasteiger partial charge in [-0.15, -0.1) is 0 Å². The number of carbonyl (C=O) groups excluding carboxylic acids is 1. The van der Waals surface area contributed by atoms with Crippen molar-refractivity contribution in [3.63, 3.8) is 0 Å². The van der Waals surface area contributed by atoms with Gasteiger partial charge in [0.05, 0.1) is 10.9 Å². The lowest BCUT2D eigenvalue weighted by molar-refractivity contribution is -0.120. The summed E-state index contributed by atoms with van der Waals surface area (Å²) in [5.41, 5.74) is 0.0545. The van der Waals surface area contributed by atoms with Crippen molar-refractivity contribution >= 4 is 21.8 Å². The Morgan fingerprint density at radius 3 is 2.56 bits per heavy atom. The highest BCUT2D eigenvalue weighted by Gasteiger charge is 2.12. The summed E-state index contributed by atoms with van der Waals surface area (Å²) in [5, 5.41) is 2.61. The largest absolute Gasteiger partial charge is 0.354 e. The third-order valence-electron chi connectivity index (χ3n) is 1.89. The quantitative estimate of drug-likeness (QED) is 0.853. The predicted octanol–water partition coefficient (Wildman–Crippen LogP) is 2.79. The monoisotopic (exact) mass is 291 g/mol. The smallest absolute Gasteiger partial charge is 0.224 e. The molecule has 1 rings (SSSR count). The molecule has 16 heavy (non-hydrogen) atoms. The minimum absolute atomic E-state index is 0.0177. The Bertz CT molecular complexity index is 407. The van der Waals surface area contributed by atoms with Crippen molar-refractivity contribution in [1.29, 1.82) is 0 Å². The van der Waals surface area contributed by atoms with Gasteiger partial charge in [0.2, 0.25) is 5.91 Å². The molecule has 0 aliphatic heterocycles. The van der Waals surface area contributed by atoms with Gasteiger partial charge in [-0.05, 0) is 41.9 Å². The van der Waals surface area contributed by atoms with Crippen molar-refractivity contribution in [2.45, 2.75) is 26.3 Å². The van der Waals surface area contributed by atoms with Crippen LogP contribution >= 0.6 is 15.9 Å². The standard InChI is InChI=1S/C11H12BrF2NO/c1-6(2)15-11(16)4-7-3-10(14)8(12)5-9(7)13/h3,5-6H,4H2,1-2H3,(H,15,16). The average Bonchev–Trinajstić information content (AvgIpc) is 2.12. The number of nitrogens with one attached hydrogen (secondary N) is 1. The van der Waals surface area contributed by atoms with Crippen LogP contribution in [0.4, 0.5) is 8.78 Å².